The smallest absolute Gasteiger partial charge is 0.266 e. The Bertz CT molecular complexity index is 733. The van der Waals surface area contributed by atoms with Crippen molar-refractivity contribution in [3.05, 3.63) is 64.4 Å². The van der Waals surface area contributed by atoms with E-state index in [1.54, 1.807) is 42.7 Å². The SMILES string of the molecule is Cc1ccc(NC(=O)/C(C#N)=C/c2ccncc2)cc1Cl. The third-order valence-corrected chi connectivity index (χ3v) is 3.22. The number of anilines is 1. The van der Waals surface area contributed by atoms with E-state index in [1.807, 2.05) is 13.0 Å². The fourth-order valence-corrected chi connectivity index (χ4v) is 1.82. The van der Waals surface area contributed by atoms with Gasteiger partial charge < -0.3 is 5.32 Å². The lowest BCUT2D eigenvalue weighted by Gasteiger charge is -2.06. The first-order valence-electron chi connectivity index (χ1n) is 6.19. The highest BCUT2D eigenvalue weighted by molar-refractivity contribution is 6.31. The van der Waals surface area contributed by atoms with Crippen LogP contribution in [0.25, 0.3) is 6.08 Å². The topological polar surface area (TPSA) is 65.8 Å². The normalized spacial score (nSPS) is 10.8. The summed E-state index contributed by atoms with van der Waals surface area (Å²) < 4.78 is 0. The maximum absolute atomic E-state index is 12.1. The van der Waals surface area contributed by atoms with Crippen molar-refractivity contribution >= 4 is 29.3 Å². The molecular formula is C16H12ClN3O. The van der Waals surface area contributed by atoms with E-state index in [0.29, 0.717) is 10.7 Å². The molecule has 0 spiro atoms. The van der Waals surface area contributed by atoms with Gasteiger partial charge in [0.25, 0.3) is 5.91 Å². The number of nitrogens with one attached hydrogen (secondary N) is 1. The molecule has 1 N–H and O–H groups in total. The quantitative estimate of drug-likeness (QED) is 0.695. The summed E-state index contributed by atoms with van der Waals surface area (Å²) >= 11 is 6.00. The van der Waals surface area contributed by atoms with Crippen LogP contribution >= 0.6 is 11.6 Å². The molecule has 2 aromatic rings. The minimum atomic E-state index is -0.478. The molecule has 0 saturated heterocycles. The predicted octanol–water partition coefficient (Wildman–Crippen LogP) is 3.59. The molecule has 104 valence electrons. The molecule has 1 amide bonds. The molecule has 0 atom stereocenters. The van der Waals surface area contributed by atoms with Gasteiger partial charge in [0, 0.05) is 23.1 Å². The van der Waals surface area contributed by atoms with E-state index in [4.69, 9.17) is 16.9 Å². The average Bonchev–Trinajstić information content (AvgIpc) is 2.49. The Morgan fingerprint density at radius 3 is 2.67 bits per heavy atom. The van der Waals surface area contributed by atoms with Gasteiger partial charge in [-0.05, 0) is 48.4 Å². The molecule has 0 aliphatic rings. The number of carbonyl (C=O) groups excluding carboxylic acids is 1. The molecule has 0 aliphatic carbocycles. The summed E-state index contributed by atoms with van der Waals surface area (Å²) in [7, 11) is 0. The number of amides is 1. The lowest BCUT2D eigenvalue weighted by molar-refractivity contribution is -0.112. The summed E-state index contributed by atoms with van der Waals surface area (Å²) in [5.41, 5.74) is 2.21. The van der Waals surface area contributed by atoms with Crippen LogP contribution in [0.5, 0.6) is 0 Å². The van der Waals surface area contributed by atoms with Crippen LogP contribution in [0.15, 0.2) is 48.3 Å². The highest BCUT2D eigenvalue weighted by Gasteiger charge is 2.10. The van der Waals surface area contributed by atoms with Crippen LogP contribution in [-0.2, 0) is 4.79 Å². The zero-order chi connectivity index (χ0) is 15.2. The Labute approximate surface area is 127 Å². The number of hydrogen-bond acceptors (Lipinski definition) is 3. The minimum Gasteiger partial charge on any atom is -0.321 e. The van der Waals surface area contributed by atoms with Gasteiger partial charge in [0.15, 0.2) is 0 Å². The predicted molar refractivity (Wildman–Crippen MR) is 82.6 cm³/mol. The van der Waals surface area contributed by atoms with E-state index >= 15 is 0 Å². The van der Waals surface area contributed by atoms with Crippen LogP contribution in [0.2, 0.25) is 5.02 Å². The molecule has 0 bridgehead atoms. The molecule has 0 fully saturated rings. The van der Waals surface area contributed by atoms with E-state index in [1.165, 1.54) is 6.08 Å². The van der Waals surface area contributed by atoms with Gasteiger partial charge in [-0.1, -0.05) is 17.7 Å². The van der Waals surface area contributed by atoms with E-state index in [9.17, 15) is 4.79 Å². The number of hydrogen-bond donors (Lipinski definition) is 1. The Balaban J connectivity index is 2.20. The number of nitriles is 1. The van der Waals surface area contributed by atoms with Crippen molar-refractivity contribution in [2.75, 3.05) is 5.32 Å². The monoisotopic (exact) mass is 297 g/mol. The zero-order valence-corrected chi connectivity index (χ0v) is 12.1. The lowest BCUT2D eigenvalue weighted by atomic mass is 10.1. The largest absolute Gasteiger partial charge is 0.321 e. The van der Waals surface area contributed by atoms with Gasteiger partial charge in [0.05, 0.1) is 0 Å². The molecule has 0 saturated carbocycles. The molecule has 5 heteroatoms. The third kappa shape index (κ3) is 3.91. The minimum absolute atomic E-state index is 0.0119. The van der Waals surface area contributed by atoms with Crippen molar-refractivity contribution in [3.8, 4) is 6.07 Å². The van der Waals surface area contributed by atoms with E-state index in [2.05, 4.69) is 10.3 Å². The fraction of sp³-hybridized carbons (Fsp3) is 0.0625. The molecule has 1 aromatic heterocycles. The number of pyridine rings is 1. The van der Waals surface area contributed by atoms with Crippen LogP contribution in [0.1, 0.15) is 11.1 Å². The molecule has 1 heterocycles. The summed E-state index contributed by atoms with van der Waals surface area (Å²) in [6, 6.07) is 10.5. The number of carbonyl (C=O) groups is 1. The van der Waals surface area contributed by atoms with Crippen molar-refractivity contribution in [1.29, 1.82) is 5.26 Å². The van der Waals surface area contributed by atoms with E-state index in [-0.39, 0.29) is 5.57 Å². The summed E-state index contributed by atoms with van der Waals surface area (Å²) in [5, 5.41) is 12.3. The fourth-order valence-electron chi connectivity index (χ4n) is 1.64. The van der Waals surface area contributed by atoms with Gasteiger partial charge >= 0.3 is 0 Å². The standard InChI is InChI=1S/C16H12ClN3O/c1-11-2-3-14(9-15(11)17)20-16(21)13(10-18)8-12-4-6-19-7-5-12/h2-9H,1H3,(H,20,21)/b13-8+. The van der Waals surface area contributed by atoms with Crippen molar-refractivity contribution in [3.63, 3.8) is 0 Å². The van der Waals surface area contributed by atoms with Crippen LogP contribution in [0, 0.1) is 18.3 Å². The van der Waals surface area contributed by atoms with Gasteiger partial charge in [-0.2, -0.15) is 5.26 Å². The maximum Gasteiger partial charge on any atom is 0.266 e. The number of aromatic nitrogens is 1. The van der Waals surface area contributed by atoms with Crippen LogP contribution in [0.3, 0.4) is 0 Å². The van der Waals surface area contributed by atoms with Crippen LogP contribution in [-0.4, -0.2) is 10.9 Å². The van der Waals surface area contributed by atoms with Crippen LogP contribution in [0.4, 0.5) is 5.69 Å². The molecule has 4 nitrogen and oxygen atoms in total. The lowest BCUT2D eigenvalue weighted by Crippen LogP contribution is -2.13. The first kappa shape index (κ1) is 14.8. The molecule has 0 aliphatic heterocycles. The first-order valence-corrected chi connectivity index (χ1v) is 6.57. The van der Waals surface area contributed by atoms with Crippen molar-refractivity contribution in [2.45, 2.75) is 6.92 Å². The van der Waals surface area contributed by atoms with Gasteiger partial charge in [-0.3, -0.25) is 9.78 Å². The number of rotatable bonds is 3. The second-order valence-corrected chi connectivity index (χ2v) is 4.78. The number of nitrogens with zero attached hydrogens (tertiary/aromatic N) is 2. The van der Waals surface area contributed by atoms with Crippen molar-refractivity contribution in [2.24, 2.45) is 0 Å². The number of aryl methyl sites for hydroxylation is 1. The highest BCUT2D eigenvalue weighted by Crippen LogP contribution is 2.20. The summed E-state index contributed by atoms with van der Waals surface area (Å²) in [5.74, 6) is -0.478. The van der Waals surface area contributed by atoms with E-state index in [0.717, 1.165) is 11.1 Å². The number of halogens is 1. The van der Waals surface area contributed by atoms with Gasteiger partial charge in [0.1, 0.15) is 11.6 Å². The molecule has 0 radical (unpaired) electrons. The summed E-state index contributed by atoms with van der Waals surface area (Å²) in [6.07, 6.45) is 4.70. The first-order chi connectivity index (χ1) is 10.1. The van der Waals surface area contributed by atoms with Crippen LogP contribution < -0.4 is 5.32 Å². The summed E-state index contributed by atoms with van der Waals surface area (Å²) in [6.45, 7) is 1.87. The Kier molecular flexibility index (Phi) is 4.70. The summed E-state index contributed by atoms with van der Waals surface area (Å²) in [4.78, 5) is 16.0. The second-order valence-electron chi connectivity index (χ2n) is 4.37. The van der Waals surface area contributed by atoms with Crippen molar-refractivity contribution in [1.82, 2.24) is 4.98 Å². The maximum atomic E-state index is 12.1. The van der Waals surface area contributed by atoms with Gasteiger partial charge in [0.2, 0.25) is 0 Å². The number of benzene rings is 1. The Hall–Kier alpha value is -2.64. The zero-order valence-electron chi connectivity index (χ0n) is 11.3. The second kappa shape index (κ2) is 6.69. The average molecular weight is 298 g/mol. The highest BCUT2D eigenvalue weighted by atomic mass is 35.5. The molecule has 0 unspecified atom stereocenters. The molecular weight excluding hydrogens is 286 g/mol. The molecule has 21 heavy (non-hydrogen) atoms. The van der Waals surface area contributed by atoms with Gasteiger partial charge in [-0.25, -0.2) is 0 Å². The molecule has 1 aromatic carbocycles. The van der Waals surface area contributed by atoms with Gasteiger partial charge in [-0.15, -0.1) is 0 Å². The Morgan fingerprint density at radius 1 is 1.33 bits per heavy atom. The third-order valence-electron chi connectivity index (χ3n) is 2.81. The van der Waals surface area contributed by atoms with Crippen molar-refractivity contribution < 1.29 is 4.79 Å². The molecule has 2 rings (SSSR count). The van der Waals surface area contributed by atoms with E-state index < -0.39 is 5.91 Å². The Morgan fingerprint density at radius 2 is 2.05 bits per heavy atom.